The van der Waals surface area contributed by atoms with Crippen LogP contribution in [0.3, 0.4) is 0 Å². The number of nitrogens with one attached hydrogen (secondary N) is 1. The summed E-state index contributed by atoms with van der Waals surface area (Å²) in [5.74, 6) is 5.26. The van der Waals surface area contributed by atoms with Gasteiger partial charge in [0, 0.05) is 10.4 Å². The van der Waals surface area contributed by atoms with E-state index in [1.54, 1.807) is 23.5 Å². The molecule has 84 valence electrons. The second kappa shape index (κ2) is 4.74. The summed E-state index contributed by atoms with van der Waals surface area (Å²) in [4.78, 5) is 1.19. The van der Waals surface area contributed by atoms with Crippen LogP contribution >= 0.6 is 11.3 Å². The molecule has 1 aromatic carbocycles. The standard InChI is InChI=1S/C12H13FN2S/c1-8-6-9(7-16-8)12(15-14)10-4-2-3-5-11(10)13/h2-7,12,15H,14H2,1H3. The van der Waals surface area contributed by atoms with Crippen molar-refractivity contribution in [3.8, 4) is 0 Å². The Bertz CT molecular complexity index is 481. The highest BCUT2D eigenvalue weighted by Crippen LogP contribution is 2.27. The van der Waals surface area contributed by atoms with Gasteiger partial charge in [-0.1, -0.05) is 18.2 Å². The topological polar surface area (TPSA) is 38.0 Å². The van der Waals surface area contributed by atoms with Crippen molar-refractivity contribution in [2.75, 3.05) is 0 Å². The van der Waals surface area contributed by atoms with Gasteiger partial charge in [-0.15, -0.1) is 11.3 Å². The van der Waals surface area contributed by atoms with Crippen LogP contribution in [0.25, 0.3) is 0 Å². The summed E-state index contributed by atoms with van der Waals surface area (Å²) in [6.45, 7) is 2.02. The van der Waals surface area contributed by atoms with Crippen LogP contribution in [0.4, 0.5) is 4.39 Å². The molecule has 0 saturated carbocycles. The minimum Gasteiger partial charge on any atom is -0.271 e. The van der Waals surface area contributed by atoms with Crippen molar-refractivity contribution in [2.24, 2.45) is 5.84 Å². The van der Waals surface area contributed by atoms with E-state index in [0.717, 1.165) is 5.56 Å². The molecule has 16 heavy (non-hydrogen) atoms. The van der Waals surface area contributed by atoms with Gasteiger partial charge in [-0.3, -0.25) is 5.84 Å². The molecule has 0 aliphatic carbocycles. The van der Waals surface area contributed by atoms with E-state index in [9.17, 15) is 4.39 Å². The molecular formula is C12H13FN2S. The lowest BCUT2D eigenvalue weighted by atomic mass is 10.0. The van der Waals surface area contributed by atoms with Gasteiger partial charge in [0.15, 0.2) is 0 Å². The van der Waals surface area contributed by atoms with Crippen LogP contribution in [0.1, 0.15) is 22.0 Å². The van der Waals surface area contributed by atoms with Gasteiger partial charge in [0.2, 0.25) is 0 Å². The molecule has 0 radical (unpaired) electrons. The Hall–Kier alpha value is -1.23. The van der Waals surface area contributed by atoms with E-state index < -0.39 is 0 Å². The molecule has 0 amide bonds. The minimum absolute atomic E-state index is 0.241. The molecule has 3 N–H and O–H groups in total. The Kier molecular flexibility index (Phi) is 3.33. The first kappa shape index (κ1) is 11.3. The molecule has 0 aliphatic heterocycles. The highest BCUT2D eigenvalue weighted by Gasteiger charge is 2.16. The van der Waals surface area contributed by atoms with Crippen molar-refractivity contribution < 1.29 is 4.39 Å². The lowest BCUT2D eigenvalue weighted by Gasteiger charge is -2.15. The summed E-state index contributed by atoms with van der Waals surface area (Å²) in [5.41, 5.74) is 4.22. The molecule has 2 nitrogen and oxygen atoms in total. The van der Waals surface area contributed by atoms with Gasteiger partial charge in [0.1, 0.15) is 5.82 Å². The molecule has 0 bridgehead atoms. The number of hydrogen-bond acceptors (Lipinski definition) is 3. The zero-order valence-electron chi connectivity index (χ0n) is 8.91. The van der Waals surface area contributed by atoms with Gasteiger partial charge in [-0.25, -0.2) is 9.82 Å². The van der Waals surface area contributed by atoms with Crippen LogP contribution in [0.5, 0.6) is 0 Å². The van der Waals surface area contributed by atoms with Gasteiger partial charge < -0.3 is 0 Å². The quantitative estimate of drug-likeness (QED) is 0.635. The third kappa shape index (κ3) is 2.14. The van der Waals surface area contributed by atoms with Crippen molar-refractivity contribution in [1.29, 1.82) is 0 Å². The van der Waals surface area contributed by atoms with Gasteiger partial charge in [-0.05, 0) is 30.0 Å². The van der Waals surface area contributed by atoms with Crippen LogP contribution in [-0.2, 0) is 0 Å². The van der Waals surface area contributed by atoms with Crippen molar-refractivity contribution in [1.82, 2.24) is 5.43 Å². The Balaban J connectivity index is 2.40. The number of thiophene rings is 1. The Labute approximate surface area is 97.9 Å². The molecule has 0 spiro atoms. The van der Waals surface area contributed by atoms with E-state index in [0.29, 0.717) is 5.56 Å². The summed E-state index contributed by atoms with van der Waals surface area (Å²) in [5, 5.41) is 1.99. The van der Waals surface area contributed by atoms with Gasteiger partial charge >= 0.3 is 0 Å². The fourth-order valence-corrected chi connectivity index (χ4v) is 2.42. The molecule has 2 rings (SSSR count). The maximum Gasteiger partial charge on any atom is 0.128 e. The molecule has 0 saturated heterocycles. The average Bonchev–Trinajstić information content (AvgIpc) is 2.69. The zero-order chi connectivity index (χ0) is 11.5. The Morgan fingerprint density at radius 3 is 2.69 bits per heavy atom. The van der Waals surface area contributed by atoms with E-state index in [1.165, 1.54) is 10.9 Å². The fourth-order valence-electron chi connectivity index (χ4n) is 1.69. The third-order valence-electron chi connectivity index (χ3n) is 2.47. The summed E-state index contributed by atoms with van der Waals surface area (Å²) < 4.78 is 13.6. The molecule has 4 heteroatoms. The van der Waals surface area contributed by atoms with Crippen LogP contribution < -0.4 is 11.3 Å². The molecule has 1 atom stereocenters. The number of rotatable bonds is 3. The van der Waals surface area contributed by atoms with E-state index in [1.807, 2.05) is 24.4 Å². The fraction of sp³-hybridized carbons (Fsp3) is 0.167. The Morgan fingerprint density at radius 2 is 2.12 bits per heavy atom. The van der Waals surface area contributed by atoms with Crippen molar-refractivity contribution in [3.05, 3.63) is 57.5 Å². The monoisotopic (exact) mass is 236 g/mol. The summed E-state index contributed by atoms with van der Waals surface area (Å²) in [6, 6.07) is 8.40. The largest absolute Gasteiger partial charge is 0.271 e. The first-order valence-corrected chi connectivity index (χ1v) is 5.86. The second-order valence-electron chi connectivity index (χ2n) is 3.61. The van der Waals surface area contributed by atoms with Crippen molar-refractivity contribution >= 4 is 11.3 Å². The van der Waals surface area contributed by atoms with Crippen LogP contribution in [0, 0.1) is 12.7 Å². The summed E-state index contributed by atoms with van der Waals surface area (Å²) in [6.07, 6.45) is 0. The minimum atomic E-state index is -0.286. The lowest BCUT2D eigenvalue weighted by Crippen LogP contribution is -2.29. The molecule has 1 unspecified atom stereocenters. The maximum absolute atomic E-state index is 13.6. The number of hydrogen-bond donors (Lipinski definition) is 2. The Morgan fingerprint density at radius 1 is 1.38 bits per heavy atom. The normalized spacial score (nSPS) is 12.7. The molecule has 0 fully saturated rings. The lowest BCUT2D eigenvalue weighted by molar-refractivity contribution is 0.561. The number of halogens is 1. The summed E-state index contributed by atoms with van der Waals surface area (Å²) >= 11 is 1.63. The predicted octanol–water partition coefficient (Wildman–Crippen LogP) is 2.75. The molecule has 0 aliphatic rings. The number of nitrogens with two attached hydrogens (primary N) is 1. The molecule has 1 heterocycles. The van der Waals surface area contributed by atoms with E-state index in [4.69, 9.17) is 5.84 Å². The first-order chi connectivity index (χ1) is 7.72. The number of aryl methyl sites for hydroxylation is 1. The van der Waals surface area contributed by atoms with E-state index in [-0.39, 0.29) is 11.9 Å². The first-order valence-electron chi connectivity index (χ1n) is 4.98. The molecular weight excluding hydrogens is 223 g/mol. The van der Waals surface area contributed by atoms with Crippen molar-refractivity contribution in [3.63, 3.8) is 0 Å². The van der Waals surface area contributed by atoms with Crippen LogP contribution in [-0.4, -0.2) is 0 Å². The molecule has 1 aromatic heterocycles. The average molecular weight is 236 g/mol. The predicted molar refractivity (Wildman–Crippen MR) is 64.6 cm³/mol. The SMILES string of the molecule is Cc1cc(C(NN)c2ccccc2F)cs1. The van der Waals surface area contributed by atoms with E-state index >= 15 is 0 Å². The maximum atomic E-state index is 13.6. The van der Waals surface area contributed by atoms with Crippen molar-refractivity contribution in [2.45, 2.75) is 13.0 Å². The van der Waals surface area contributed by atoms with E-state index in [2.05, 4.69) is 5.43 Å². The van der Waals surface area contributed by atoms with Gasteiger partial charge in [-0.2, -0.15) is 0 Å². The van der Waals surface area contributed by atoms with Gasteiger partial charge in [0.25, 0.3) is 0 Å². The summed E-state index contributed by atoms with van der Waals surface area (Å²) in [7, 11) is 0. The smallest absolute Gasteiger partial charge is 0.128 e. The molecule has 2 aromatic rings. The highest BCUT2D eigenvalue weighted by molar-refractivity contribution is 7.10. The highest BCUT2D eigenvalue weighted by atomic mass is 32.1. The van der Waals surface area contributed by atoms with Crippen LogP contribution in [0.2, 0.25) is 0 Å². The number of hydrazine groups is 1. The van der Waals surface area contributed by atoms with Crippen LogP contribution in [0.15, 0.2) is 35.7 Å². The third-order valence-corrected chi connectivity index (χ3v) is 3.35. The van der Waals surface area contributed by atoms with Gasteiger partial charge in [0.05, 0.1) is 6.04 Å². The second-order valence-corrected chi connectivity index (χ2v) is 4.73. The number of benzene rings is 1. The zero-order valence-corrected chi connectivity index (χ0v) is 9.72.